The van der Waals surface area contributed by atoms with E-state index in [-0.39, 0.29) is 0 Å². The number of rotatable bonds is 1. The van der Waals surface area contributed by atoms with Crippen molar-refractivity contribution in [2.24, 2.45) is 0 Å². The molecule has 0 aliphatic carbocycles. The van der Waals surface area contributed by atoms with E-state index in [1.807, 2.05) is 23.6 Å². The lowest BCUT2D eigenvalue weighted by Crippen LogP contribution is -2.30. The summed E-state index contributed by atoms with van der Waals surface area (Å²) in [6.07, 6.45) is 1.88. The van der Waals surface area contributed by atoms with Crippen LogP contribution in [0.1, 0.15) is 5.56 Å². The fourth-order valence-electron chi connectivity index (χ4n) is 3.89. The van der Waals surface area contributed by atoms with Crippen LogP contribution in [-0.4, -0.2) is 9.55 Å². The van der Waals surface area contributed by atoms with E-state index in [0.717, 1.165) is 17.9 Å². The topological polar surface area (TPSA) is 21.7 Å². The molecule has 6 rings (SSSR count). The molecule has 0 amide bonds. The van der Waals surface area contributed by atoms with Crippen LogP contribution in [0.5, 0.6) is 0 Å². The highest BCUT2D eigenvalue weighted by Crippen LogP contribution is 2.40. The normalized spacial score (nSPS) is 12.6. The van der Waals surface area contributed by atoms with Gasteiger partial charge < -0.3 is 0 Å². The average molecular weight is 340 g/mol. The molecule has 0 bridgehead atoms. The van der Waals surface area contributed by atoms with Crippen LogP contribution in [0.15, 0.2) is 72.9 Å². The second kappa shape index (κ2) is 4.77. The third kappa shape index (κ3) is 1.69. The van der Waals surface area contributed by atoms with Gasteiger partial charge in [0.1, 0.15) is 0 Å². The summed E-state index contributed by atoms with van der Waals surface area (Å²) in [5.74, 6) is 0. The van der Waals surface area contributed by atoms with Crippen molar-refractivity contribution in [2.45, 2.75) is 6.54 Å². The van der Waals surface area contributed by atoms with Crippen LogP contribution in [0.3, 0.4) is 0 Å². The number of benzene rings is 2. The van der Waals surface area contributed by atoms with Crippen molar-refractivity contribution in [3.8, 4) is 16.3 Å². The van der Waals surface area contributed by atoms with Gasteiger partial charge in [0, 0.05) is 17.4 Å². The van der Waals surface area contributed by atoms with Crippen molar-refractivity contribution >= 4 is 32.7 Å². The van der Waals surface area contributed by atoms with Gasteiger partial charge in [0.25, 0.3) is 10.5 Å². The fraction of sp³-hybridized carbons (Fsp3) is 0.0476. The minimum atomic E-state index is 0.939. The summed E-state index contributed by atoms with van der Waals surface area (Å²) >= 11 is 1.86. The largest absolute Gasteiger partial charge is 0.280 e. The molecule has 0 unspecified atom stereocenters. The molecule has 3 nitrogen and oxygen atoms in total. The van der Waals surface area contributed by atoms with E-state index in [1.165, 1.54) is 31.9 Å². The molecule has 3 aromatic heterocycles. The summed E-state index contributed by atoms with van der Waals surface area (Å²) in [7, 11) is 0. The molecule has 5 aromatic rings. The van der Waals surface area contributed by atoms with E-state index in [0.29, 0.717) is 0 Å². The Balaban J connectivity index is 1.78. The summed E-state index contributed by atoms with van der Waals surface area (Å²) in [6.45, 7) is 0.939. The van der Waals surface area contributed by atoms with Gasteiger partial charge in [-0.25, -0.2) is 4.98 Å². The zero-order chi connectivity index (χ0) is 16.4. The second-order valence-corrected chi connectivity index (χ2v) is 7.33. The Morgan fingerprint density at radius 3 is 2.68 bits per heavy atom. The SMILES string of the molecule is c1ccc(-n2c3ncccc3c3c2sc2[n+]3Cc3ccccc3-2)cc1. The Morgan fingerprint density at radius 2 is 1.76 bits per heavy atom. The maximum atomic E-state index is 4.70. The average Bonchev–Trinajstić information content (AvgIpc) is 3.29. The highest BCUT2D eigenvalue weighted by molar-refractivity contribution is 7.21. The lowest BCUT2D eigenvalue weighted by atomic mass is 10.1. The molecule has 1 aliphatic heterocycles. The third-order valence-electron chi connectivity index (χ3n) is 4.96. The zero-order valence-electron chi connectivity index (χ0n) is 13.4. The number of pyridine rings is 1. The Hall–Kier alpha value is -2.98. The first kappa shape index (κ1) is 13.3. The van der Waals surface area contributed by atoms with Gasteiger partial charge in [-0.3, -0.25) is 4.57 Å². The predicted octanol–water partition coefficient (Wildman–Crippen LogP) is 4.56. The van der Waals surface area contributed by atoms with E-state index >= 15 is 0 Å². The molecular formula is C21H14N3S+. The molecule has 0 saturated carbocycles. The number of aromatic nitrogens is 3. The summed E-state index contributed by atoms with van der Waals surface area (Å²) in [5, 5.41) is 2.56. The number of nitrogens with zero attached hydrogens (tertiary/aromatic N) is 3. The number of fused-ring (bicyclic) bond motifs is 7. The van der Waals surface area contributed by atoms with Gasteiger partial charge in [0.15, 0.2) is 17.0 Å². The monoisotopic (exact) mass is 340 g/mol. The van der Waals surface area contributed by atoms with Crippen LogP contribution in [0.2, 0.25) is 0 Å². The second-order valence-electron chi connectivity index (χ2n) is 6.35. The van der Waals surface area contributed by atoms with Crippen molar-refractivity contribution in [1.29, 1.82) is 0 Å². The minimum Gasteiger partial charge on any atom is -0.280 e. The quantitative estimate of drug-likeness (QED) is 0.402. The molecule has 0 fully saturated rings. The molecule has 0 N–H and O–H groups in total. The van der Waals surface area contributed by atoms with Gasteiger partial charge in [0.05, 0.1) is 10.9 Å². The van der Waals surface area contributed by atoms with Crippen molar-refractivity contribution in [3.63, 3.8) is 0 Å². The van der Waals surface area contributed by atoms with E-state index in [1.54, 1.807) is 0 Å². The number of thiazole rings is 1. The van der Waals surface area contributed by atoms with Crippen molar-refractivity contribution < 1.29 is 4.57 Å². The van der Waals surface area contributed by atoms with E-state index < -0.39 is 0 Å². The lowest BCUT2D eigenvalue weighted by Gasteiger charge is -2.03. The van der Waals surface area contributed by atoms with Gasteiger partial charge in [-0.15, -0.1) is 0 Å². The summed E-state index contributed by atoms with van der Waals surface area (Å²) in [5.41, 5.74) is 6.25. The number of hydrogen-bond donors (Lipinski definition) is 0. The van der Waals surface area contributed by atoms with Crippen molar-refractivity contribution in [2.75, 3.05) is 0 Å². The van der Waals surface area contributed by atoms with E-state index in [4.69, 9.17) is 4.98 Å². The van der Waals surface area contributed by atoms with Gasteiger partial charge in [-0.2, -0.15) is 4.57 Å². The Morgan fingerprint density at radius 1 is 0.920 bits per heavy atom. The molecule has 0 radical (unpaired) electrons. The Bertz CT molecular complexity index is 1260. The molecule has 25 heavy (non-hydrogen) atoms. The predicted molar refractivity (Wildman–Crippen MR) is 101 cm³/mol. The summed E-state index contributed by atoms with van der Waals surface area (Å²) in [6, 6.07) is 23.5. The number of hydrogen-bond acceptors (Lipinski definition) is 2. The standard InChI is InChI=1S/C21H14N3S/c1-2-8-15(9-3-1)24-19-17(11-6-12-22-19)18-21(24)25-20-16-10-5-4-7-14(16)13-23(18)20/h1-12H,13H2/q+1. The Kier molecular flexibility index (Phi) is 2.54. The lowest BCUT2D eigenvalue weighted by molar-refractivity contribution is -0.641. The number of para-hydroxylation sites is 1. The first-order valence-electron chi connectivity index (χ1n) is 8.37. The molecule has 1 aliphatic rings. The highest BCUT2D eigenvalue weighted by Gasteiger charge is 2.35. The van der Waals surface area contributed by atoms with Crippen LogP contribution in [0, 0.1) is 0 Å². The van der Waals surface area contributed by atoms with Crippen molar-refractivity contribution in [3.05, 3.63) is 78.5 Å². The molecule has 0 saturated heterocycles. The van der Waals surface area contributed by atoms with Crippen LogP contribution in [0.4, 0.5) is 0 Å². The third-order valence-corrected chi connectivity index (χ3v) is 6.16. The van der Waals surface area contributed by atoms with Crippen LogP contribution >= 0.6 is 11.3 Å². The molecule has 4 heteroatoms. The van der Waals surface area contributed by atoms with E-state index in [2.05, 4.69) is 69.8 Å². The maximum absolute atomic E-state index is 4.70. The molecule has 118 valence electrons. The molecule has 4 heterocycles. The first-order valence-corrected chi connectivity index (χ1v) is 9.19. The molecule has 0 spiro atoms. The summed E-state index contributed by atoms with van der Waals surface area (Å²) < 4.78 is 4.75. The van der Waals surface area contributed by atoms with Crippen LogP contribution in [0.25, 0.3) is 37.6 Å². The van der Waals surface area contributed by atoms with Gasteiger partial charge in [-0.1, -0.05) is 36.4 Å². The first-order chi connectivity index (χ1) is 12.4. The molecule has 2 aromatic carbocycles. The van der Waals surface area contributed by atoms with Gasteiger partial charge >= 0.3 is 0 Å². The smallest absolute Gasteiger partial charge is 0.272 e. The minimum absolute atomic E-state index is 0.939. The maximum Gasteiger partial charge on any atom is 0.272 e. The zero-order valence-corrected chi connectivity index (χ0v) is 14.2. The van der Waals surface area contributed by atoms with Gasteiger partial charge in [0.2, 0.25) is 0 Å². The molecular weight excluding hydrogens is 326 g/mol. The van der Waals surface area contributed by atoms with Crippen molar-refractivity contribution in [1.82, 2.24) is 9.55 Å². The van der Waals surface area contributed by atoms with E-state index in [9.17, 15) is 0 Å². The van der Waals surface area contributed by atoms with Crippen LogP contribution in [-0.2, 0) is 6.54 Å². The molecule has 0 atom stereocenters. The fourth-order valence-corrected chi connectivity index (χ4v) is 5.24. The van der Waals surface area contributed by atoms with Crippen LogP contribution < -0.4 is 4.57 Å². The summed E-state index contributed by atoms with van der Waals surface area (Å²) in [4.78, 5) is 5.97. The Labute approximate surface area is 148 Å². The highest BCUT2D eigenvalue weighted by atomic mass is 32.1. The van der Waals surface area contributed by atoms with Gasteiger partial charge in [-0.05, 0) is 41.7 Å².